The predicted molar refractivity (Wildman–Crippen MR) is 55.4 cm³/mol. The molecule has 0 radical (unpaired) electrons. The maximum Gasteiger partial charge on any atom is 1.00 e. The van der Waals surface area contributed by atoms with Crippen LogP contribution in [0.5, 0.6) is 0 Å². The molecule has 0 aliphatic carbocycles. The Kier molecular flexibility index (Phi) is 15.4. The first-order valence-corrected chi connectivity index (χ1v) is 5.01. The first kappa shape index (κ1) is 24.7. The summed E-state index contributed by atoms with van der Waals surface area (Å²) in [5.41, 5.74) is 0. The second kappa shape index (κ2) is 12.4. The minimum atomic E-state index is -2.20. The molecule has 0 saturated heterocycles. The van der Waals surface area contributed by atoms with Gasteiger partial charge in [0.25, 0.3) is 0 Å². The van der Waals surface area contributed by atoms with Crippen molar-refractivity contribution in [3.8, 4) is 0 Å². The summed E-state index contributed by atoms with van der Waals surface area (Å²) in [6, 6.07) is 0. The number of carbonyl (C=O) groups excluding carboxylic acids is 1. The van der Waals surface area contributed by atoms with Crippen molar-refractivity contribution in [2.24, 2.45) is 0 Å². The molecule has 0 aliphatic heterocycles. The Morgan fingerprint density at radius 2 is 1.40 bits per heavy atom. The molecule has 1 unspecified atom stereocenters. The van der Waals surface area contributed by atoms with E-state index in [0.29, 0.717) is 0 Å². The molecule has 0 bridgehead atoms. The van der Waals surface area contributed by atoms with E-state index in [-0.39, 0.29) is 29.6 Å². The molecule has 0 amide bonds. The molecule has 0 rings (SSSR count). The molecule has 10 nitrogen and oxygen atoms in total. The molecule has 11 heteroatoms. The summed E-state index contributed by atoms with van der Waals surface area (Å²) in [7, 11) is 0. The summed E-state index contributed by atoms with van der Waals surface area (Å²) < 4.78 is 0. The number of aliphatic carboxylic acids is 2. The van der Waals surface area contributed by atoms with Gasteiger partial charge < -0.3 is 45.6 Å². The van der Waals surface area contributed by atoms with Crippen LogP contribution < -0.4 is 34.7 Å². The zero-order valence-electron chi connectivity index (χ0n) is 10.9. The van der Waals surface area contributed by atoms with Crippen molar-refractivity contribution in [3.05, 3.63) is 0 Å². The third-order valence-electron chi connectivity index (χ3n) is 1.85. The summed E-state index contributed by atoms with van der Waals surface area (Å²) in [5, 5.41) is 69.1. The molecule has 0 aromatic heterocycles. The molecule has 7 N–H and O–H groups in total. The number of aliphatic hydroxyl groups excluding tert-OH is 6. The molecule has 20 heavy (non-hydrogen) atoms. The second-order valence-corrected chi connectivity index (χ2v) is 3.51. The first-order valence-electron chi connectivity index (χ1n) is 5.01. The van der Waals surface area contributed by atoms with E-state index < -0.39 is 49.1 Å². The number of carboxylic acid groups (broad SMARTS) is 2. The van der Waals surface area contributed by atoms with Gasteiger partial charge in [-0.2, -0.15) is 0 Å². The van der Waals surface area contributed by atoms with Crippen LogP contribution in [0.1, 0.15) is 6.92 Å². The average molecular weight is 308 g/mol. The largest absolute Gasteiger partial charge is 1.00 e. The van der Waals surface area contributed by atoms with Crippen LogP contribution in [0.15, 0.2) is 0 Å². The topological polar surface area (TPSA) is 199 Å². The molecular weight excluding hydrogens is 291 g/mol. The Bertz CT molecular complexity index is 284. The van der Waals surface area contributed by atoms with Crippen molar-refractivity contribution in [3.63, 3.8) is 0 Å². The normalized spacial score (nSPS) is 17.4. The summed E-state index contributed by atoms with van der Waals surface area (Å²) >= 11 is 0. The second-order valence-electron chi connectivity index (χ2n) is 3.51. The zero-order chi connectivity index (χ0) is 15.7. The maximum atomic E-state index is 10.1. The maximum absolute atomic E-state index is 10.1. The quantitative estimate of drug-likeness (QED) is 0.231. The van der Waals surface area contributed by atoms with E-state index in [4.69, 9.17) is 35.7 Å². The third kappa shape index (κ3) is 10.5. The SMILES string of the molecule is CC(O)C(=O)[O-].O=C(O)[C@H](O)[C@@H](O)[C@H](O)[C@H](O)CO.[Na+]. The van der Waals surface area contributed by atoms with Gasteiger partial charge in [0.1, 0.15) is 18.3 Å². The van der Waals surface area contributed by atoms with Gasteiger partial charge in [-0.25, -0.2) is 4.79 Å². The van der Waals surface area contributed by atoms with Crippen LogP contribution in [0.2, 0.25) is 0 Å². The van der Waals surface area contributed by atoms with Crippen LogP contribution in [-0.2, 0) is 9.59 Å². The summed E-state index contributed by atoms with van der Waals surface area (Å²) in [6.45, 7) is 0.292. The van der Waals surface area contributed by atoms with Gasteiger partial charge in [-0.05, 0) is 6.92 Å². The minimum Gasteiger partial charge on any atom is -0.547 e. The number of carbonyl (C=O) groups is 2. The Morgan fingerprint density at radius 1 is 1.05 bits per heavy atom. The Morgan fingerprint density at radius 3 is 1.60 bits per heavy atom. The summed E-state index contributed by atoms with van der Waals surface area (Å²) in [5.74, 6) is -3.16. The summed E-state index contributed by atoms with van der Waals surface area (Å²) in [4.78, 5) is 19.4. The van der Waals surface area contributed by atoms with E-state index in [9.17, 15) is 14.7 Å². The van der Waals surface area contributed by atoms with Crippen molar-refractivity contribution in [1.29, 1.82) is 0 Å². The molecule has 0 fully saturated rings. The van der Waals surface area contributed by atoms with Gasteiger partial charge in [0.15, 0.2) is 6.10 Å². The van der Waals surface area contributed by atoms with Crippen LogP contribution in [-0.4, -0.2) is 84.8 Å². The molecule has 114 valence electrons. The molecule has 0 heterocycles. The Hall–Kier alpha value is -0.300. The molecule has 0 saturated carbocycles. The summed E-state index contributed by atoms with van der Waals surface area (Å²) in [6.07, 6.45) is -9.18. The smallest absolute Gasteiger partial charge is 0.547 e. The van der Waals surface area contributed by atoms with Gasteiger partial charge in [0.05, 0.1) is 18.7 Å². The van der Waals surface area contributed by atoms with E-state index in [2.05, 4.69) is 0 Å². The van der Waals surface area contributed by atoms with Crippen molar-refractivity contribution in [2.45, 2.75) is 37.4 Å². The third-order valence-corrected chi connectivity index (χ3v) is 1.85. The standard InChI is InChI=1S/C6H12O7.C3H6O3.Na/c7-1-2(8)3(9)4(10)5(11)6(12)13;1-2(4)3(5)6;/h2-5,7-11H,1H2,(H,12,13);2,4H,1H3,(H,5,6);/q;;+1/p-1/t2-,3-,4+,5-;;/m1../s1. The monoisotopic (exact) mass is 308 g/mol. The minimum absolute atomic E-state index is 0. The molecule has 0 aromatic rings. The number of carboxylic acids is 2. The fourth-order valence-electron chi connectivity index (χ4n) is 0.668. The number of hydrogen-bond donors (Lipinski definition) is 7. The molecule has 5 atom stereocenters. The van der Waals surface area contributed by atoms with Crippen LogP contribution in [0.25, 0.3) is 0 Å². The fraction of sp³-hybridized carbons (Fsp3) is 0.778. The Labute approximate surface area is 136 Å². The fourth-order valence-corrected chi connectivity index (χ4v) is 0.668. The van der Waals surface area contributed by atoms with Gasteiger partial charge in [0.2, 0.25) is 0 Å². The molecular formula is C9H17NaO10. The number of hydrogen-bond acceptors (Lipinski definition) is 9. The van der Waals surface area contributed by atoms with E-state index in [1.54, 1.807) is 0 Å². The first-order chi connectivity index (χ1) is 8.56. The van der Waals surface area contributed by atoms with Gasteiger partial charge in [-0.3, -0.25) is 0 Å². The van der Waals surface area contributed by atoms with Gasteiger partial charge in [-0.15, -0.1) is 0 Å². The van der Waals surface area contributed by atoms with Gasteiger partial charge in [-0.1, -0.05) is 0 Å². The van der Waals surface area contributed by atoms with Crippen molar-refractivity contribution in [2.75, 3.05) is 6.61 Å². The number of aliphatic hydroxyl groups is 6. The van der Waals surface area contributed by atoms with E-state index in [1.807, 2.05) is 0 Å². The zero-order valence-corrected chi connectivity index (χ0v) is 12.9. The van der Waals surface area contributed by atoms with Crippen LogP contribution in [0, 0.1) is 0 Å². The molecule has 0 aliphatic rings. The van der Waals surface area contributed by atoms with Crippen LogP contribution in [0.3, 0.4) is 0 Å². The van der Waals surface area contributed by atoms with Crippen LogP contribution in [0.4, 0.5) is 0 Å². The van der Waals surface area contributed by atoms with Crippen molar-refractivity contribution in [1.82, 2.24) is 0 Å². The molecule has 0 spiro atoms. The van der Waals surface area contributed by atoms with Crippen molar-refractivity contribution >= 4 is 11.9 Å². The average Bonchev–Trinajstić information content (AvgIpc) is 2.35. The molecule has 0 aromatic carbocycles. The predicted octanol–water partition coefficient (Wildman–Crippen LogP) is -8.37. The van der Waals surface area contributed by atoms with Gasteiger partial charge in [0, 0.05) is 0 Å². The van der Waals surface area contributed by atoms with E-state index in [1.165, 1.54) is 0 Å². The van der Waals surface area contributed by atoms with Gasteiger partial charge >= 0.3 is 35.5 Å². The number of rotatable bonds is 6. The Balaban J connectivity index is -0.000000352. The van der Waals surface area contributed by atoms with Crippen LogP contribution >= 0.6 is 0 Å². The van der Waals surface area contributed by atoms with E-state index in [0.717, 1.165) is 6.92 Å². The van der Waals surface area contributed by atoms with Crippen molar-refractivity contribution < 1.29 is 80.0 Å². The van der Waals surface area contributed by atoms with E-state index >= 15 is 0 Å².